The Balaban J connectivity index is 2.04. The first kappa shape index (κ1) is 16.8. The lowest BCUT2D eigenvalue weighted by Crippen LogP contribution is -2.57. The van der Waals surface area contributed by atoms with Gasteiger partial charge in [-0.25, -0.2) is 0 Å². The van der Waals surface area contributed by atoms with Gasteiger partial charge in [-0.3, -0.25) is 9.59 Å². The Morgan fingerprint density at radius 3 is 2.82 bits per heavy atom. The predicted molar refractivity (Wildman–Crippen MR) is 86.1 cm³/mol. The maximum atomic E-state index is 12.4. The molecule has 0 N–H and O–H groups in total. The second-order valence-electron chi connectivity index (χ2n) is 5.27. The van der Waals surface area contributed by atoms with Gasteiger partial charge in [0.2, 0.25) is 11.8 Å². The summed E-state index contributed by atoms with van der Waals surface area (Å²) in [6.45, 7) is 5.33. The lowest BCUT2D eigenvalue weighted by Gasteiger charge is -2.39. The molecular weight excluding hydrogens is 304 g/mol. The Bertz CT molecular complexity index is 550. The van der Waals surface area contributed by atoms with Crippen molar-refractivity contribution in [2.45, 2.75) is 26.3 Å². The standard InChI is InChI=1S/C16H21ClN2O3/c1-3-22-9-8-15(20)18-11-16(21)19(10-12(18)2)14-7-5-4-6-13(14)17/h4-7,12H,3,8-11H2,1-2H3. The molecule has 22 heavy (non-hydrogen) atoms. The van der Waals surface area contributed by atoms with Crippen LogP contribution in [0.1, 0.15) is 20.3 Å². The largest absolute Gasteiger partial charge is 0.381 e. The van der Waals surface area contributed by atoms with Crippen LogP contribution in [0.25, 0.3) is 0 Å². The number of halogens is 1. The first-order chi connectivity index (χ1) is 10.5. The van der Waals surface area contributed by atoms with E-state index >= 15 is 0 Å². The molecule has 1 aliphatic rings. The highest BCUT2D eigenvalue weighted by molar-refractivity contribution is 6.33. The van der Waals surface area contributed by atoms with E-state index in [0.29, 0.717) is 36.9 Å². The molecular formula is C16H21ClN2O3. The fraction of sp³-hybridized carbons (Fsp3) is 0.500. The van der Waals surface area contributed by atoms with Gasteiger partial charge in [0.1, 0.15) is 6.54 Å². The van der Waals surface area contributed by atoms with Gasteiger partial charge in [0.05, 0.1) is 23.7 Å². The monoisotopic (exact) mass is 324 g/mol. The summed E-state index contributed by atoms with van der Waals surface area (Å²) in [5.41, 5.74) is 0.697. The van der Waals surface area contributed by atoms with Gasteiger partial charge >= 0.3 is 0 Å². The molecule has 0 radical (unpaired) electrons. The summed E-state index contributed by atoms with van der Waals surface area (Å²) >= 11 is 6.16. The number of para-hydroxylation sites is 1. The number of carbonyl (C=O) groups is 2. The highest BCUT2D eigenvalue weighted by atomic mass is 35.5. The van der Waals surface area contributed by atoms with Gasteiger partial charge in [-0.1, -0.05) is 23.7 Å². The first-order valence-electron chi connectivity index (χ1n) is 7.46. The molecule has 1 unspecified atom stereocenters. The molecule has 120 valence electrons. The quantitative estimate of drug-likeness (QED) is 0.781. The second kappa shape index (κ2) is 7.61. The number of ether oxygens (including phenoxy) is 1. The van der Waals surface area contributed by atoms with Crippen molar-refractivity contribution in [1.82, 2.24) is 4.90 Å². The van der Waals surface area contributed by atoms with E-state index in [2.05, 4.69) is 0 Å². The Hall–Kier alpha value is -1.59. The first-order valence-corrected chi connectivity index (χ1v) is 7.84. The molecule has 1 aromatic carbocycles. The van der Waals surface area contributed by atoms with E-state index in [1.54, 1.807) is 15.9 Å². The van der Waals surface area contributed by atoms with E-state index in [0.717, 1.165) is 0 Å². The lowest BCUT2D eigenvalue weighted by atomic mass is 10.1. The van der Waals surface area contributed by atoms with Crippen molar-refractivity contribution in [2.24, 2.45) is 0 Å². The molecule has 5 nitrogen and oxygen atoms in total. The van der Waals surface area contributed by atoms with E-state index in [9.17, 15) is 9.59 Å². The third-order valence-corrected chi connectivity index (χ3v) is 4.03. The van der Waals surface area contributed by atoms with Crippen molar-refractivity contribution in [3.8, 4) is 0 Å². The predicted octanol–water partition coefficient (Wildman–Crippen LogP) is 2.33. The van der Waals surface area contributed by atoms with E-state index < -0.39 is 0 Å². The number of hydrogen-bond acceptors (Lipinski definition) is 3. The van der Waals surface area contributed by atoms with Crippen molar-refractivity contribution in [3.05, 3.63) is 29.3 Å². The molecule has 0 bridgehead atoms. The second-order valence-corrected chi connectivity index (χ2v) is 5.68. The van der Waals surface area contributed by atoms with Crippen molar-refractivity contribution < 1.29 is 14.3 Å². The number of carbonyl (C=O) groups excluding carboxylic acids is 2. The normalized spacial score (nSPS) is 18.7. The number of anilines is 1. The van der Waals surface area contributed by atoms with Crippen LogP contribution in [0.15, 0.2) is 24.3 Å². The van der Waals surface area contributed by atoms with Gasteiger partial charge in [0, 0.05) is 19.2 Å². The fourth-order valence-electron chi connectivity index (χ4n) is 2.54. The summed E-state index contributed by atoms with van der Waals surface area (Å²) in [7, 11) is 0. The van der Waals surface area contributed by atoms with Crippen LogP contribution in [0, 0.1) is 0 Å². The van der Waals surface area contributed by atoms with E-state index in [4.69, 9.17) is 16.3 Å². The molecule has 0 saturated carbocycles. The van der Waals surface area contributed by atoms with Gasteiger partial charge < -0.3 is 14.5 Å². The molecule has 1 heterocycles. The Morgan fingerprint density at radius 1 is 1.41 bits per heavy atom. The van der Waals surface area contributed by atoms with Crippen molar-refractivity contribution in [3.63, 3.8) is 0 Å². The maximum Gasteiger partial charge on any atom is 0.246 e. The van der Waals surface area contributed by atoms with Crippen molar-refractivity contribution in [1.29, 1.82) is 0 Å². The zero-order valence-electron chi connectivity index (χ0n) is 12.9. The molecule has 0 aliphatic carbocycles. The molecule has 1 atom stereocenters. The smallest absolute Gasteiger partial charge is 0.246 e. The van der Waals surface area contributed by atoms with Crippen LogP contribution in [-0.4, -0.2) is 49.1 Å². The van der Waals surface area contributed by atoms with E-state index in [1.807, 2.05) is 32.0 Å². The zero-order valence-corrected chi connectivity index (χ0v) is 13.7. The summed E-state index contributed by atoms with van der Waals surface area (Å²) < 4.78 is 5.20. The highest BCUT2D eigenvalue weighted by Gasteiger charge is 2.33. The fourth-order valence-corrected chi connectivity index (χ4v) is 2.77. The van der Waals surface area contributed by atoms with Crippen LogP contribution in [-0.2, 0) is 14.3 Å². The molecule has 2 amide bonds. The highest BCUT2D eigenvalue weighted by Crippen LogP contribution is 2.28. The van der Waals surface area contributed by atoms with Crippen LogP contribution in [0.5, 0.6) is 0 Å². The van der Waals surface area contributed by atoms with E-state index in [1.165, 1.54) is 0 Å². The number of piperazine rings is 1. The van der Waals surface area contributed by atoms with Crippen LogP contribution >= 0.6 is 11.6 Å². The summed E-state index contributed by atoms with van der Waals surface area (Å²) in [4.78, 5) is 27.8. The van der Waals surface area contributed by atoms with Crippen molar-refractivity contribution >= 4 is 29.1 Å². The minimum Gasteiger partial charge on any atom is -0.381 e. The molecule has 6 heteroatoms. The summed E-state index contributed by atoms with van der Waals surface area (Å²) in [5, 5.41) is 0.541. The van der Waals surface area contributed by atoms with Crippen LogP contribution in [0.4, 0.5) is 5.69 Å². The van der Waals surface area contributed by atoms with Gasteiger partial charge in [-0.2, -0.15) is 0 Å². The molecule has 1 aromatic rings. The Kier molecular flexibility index (Phi) is 5.80. The molecule has 2 rings (SSSR count). The summed E-state index contributed by atoms with van der Waals surface area (Å²) in [6, 6.07) is 7.20. The van der Waals surface area contributed by atoms with Gasteiger partial charge in [0.25, 0.3) is 0 Å². The van der Waals surface area contributed by atoms with E-state index in [-0.39, 0.29) is 24.4 Å². The van der Waals surface area contributed by atoms with Crippen molar-refractivity contribution in [2.75, 3.05) is 31.2 Å². The minimum absolute atomic E-state index is 0.0480. The number of hydrogen-bond donors (Lipinski definition) is 0. The van der Waals surface area contributed by atoms with Crippen LogP contribution < -0.4 is 4.90 Å². The molecule has 1 saturated heterocycles. The van der Waals surface area contributed by atoms with Crippen LogP contribution in [0.2, 0.25) is 5.02 Å². The van der Waals surface area contributed by atoms with Gasteiger partial charge in [-0.15, -0.1) is 0 Å². The number of rotatable bonds is 5. The third kappa shape index (κ3) is 3.78. The summed E-state index contributed by atoms with van der Waals surface area (Å²) in [6.07, 6.45) is 0.303. The third-order valence-electron chi connectivity index (χ3n) is 3.71. The number of nitrogens with zero attached hydrogens (tertiary/aromatic N) is 2. The van der Waals surface area contributed by atoms with Crippen LogP contribution in [0.3, 0.4) is 0 Å². The topological polar surface area (TPSA) is 49.9 Å². The zero-order chi connectivity index (χ0) is 16.1. The molecule has 0 aromatic heterocycles. The maximum absolute atomic E-state index is 12.4. The molecule has 1 aliphatic heterocycles. The van der Waals surface area contributed by atoms with Gasteiger partial charge in [-0.05, 0) is 26.0 Å². The number of amides is 2. The molecule has 0 spiro atoms. The average Bonchev–Trinajstić information content (AvgIpc) is 2.50. The lowest BCUT2D eigenvalue weighted by molar-refractivity contribution is -0.140. The number of benzene rings is 1. The summed E-state index contributed by atoms with van der Waals surface area (Å²) in [5.74, 6) is -0.163. The average molecular weight is 325 g/mol. The van der Waals surface area contributed by atoms with Gasteiger partial charge in [0.15, 0.2) is 0 Å². The minimum atomic E-state index is -0.115. The Labute approximate surface area is 135 Å². The molecule has 1 fully saturated rings. The SMILES string of the molecule is CCOCCC(=O)N1CC(=O)N(c2ccccc2Cl)CC1C. The Morgan fingerprint density at radius 2 is 2.14 bits per heavy atom.